The molecule has 4 aromatic rings. The lowest BCUT2D eigenvalue weighted by atomic mass is 9.96. The summed E-state index contributed by atoms with van der Waals surface area (Å²) in [5.74, 6) is 1.24. The predicted molar refractivity (Wildman–Crippen MR) is 134 cm³/mol. The first-order chi connectivity index (χ1) is 16.7. The largest absolute Gasteiger partial charge is 0.359 e. The molecule has 0 unspecified atom stereocenters. The molecule has 0 saturated carbocycles. The van der Waals surface area contributed by atoms with E-state index in [0.29, 0.717) is 23.3 Å². The molecule has 0 bridgehead atoms. The van der Waals surface area contributed by atoms with Crippen molar-refractivity contribution in [1.82, 2.24) is 20.4 Å². The Balaban J connectivity index is 1.05. The lowest BCUT2D eigenvalue weighted by Crippen LogP contribution is -2.38. The number of carbonyl (C=O) groups excluding carboxylic acids is 1. The van der Waals surface area contributed by atoms with Gasteiger partial charge in [0.1, 0.15) is 11.4 Å². The highest BCUT2D eigenvalue weighted by molar-refractivity contribution is 7.14. The molecule has 8 heteroatoms. The topological polar surface area (TPSA) is 83.3 Å². The van der Waals surface area contributed by atoms with E-state index in [1.165, 1.54) is 11.3 Å². The fourth-order valence-electron chi connectivity index (χ4n) is 4.11. The summed E-state index contributed by atoms with van der Waals surface area (Å²) in [5, 5.41) is 13.0. The number of rotatable bonds is 8. The first kappa shape index (κ1) is 22.3. The Morgan fingerprint density at radius 1 is 1.06 bits per heavy atom. The molecule has 0 atom stereocenters. The van der Waals surface area contributed by atoms with Crippen molar-refractivity contribution in [2.45, 2.75) is 19.4 Å². The lowest BCUT2D eigenvalue weighted by molar-refractivity contribution is 0.0929. The van der Waals surface area contributed by atoms with Crippen molar-refractivity contribution in [3.05, 3.63) is 83.6 Å². The highest BCUT2D eigenvalue weighted by Crippen LogP contribution is 2.23. The van der Waals surface area contributed by atoms with E-state index >= 15 is 0 Å². The Kier molecular flexibility index (Phi) is 6.97. The zero-order valence-corrected chi connectivity index (χ0v) is 19.6. The van der Waals surface area contributed by atoms with E-state index in [4.69, 9.17) is 4.52 Å². The van der Waals surface area contributed by atoms with E-state index in [0.717, 1.165) is 55.2 Å². The molecule has 2 aromatic carbocycles. The number of carbonyl (C=O) groups is 1. The van der Waals surface area contributed by atoms with Gasteiger partial charge >= 0.3 is 0 Å². The van der Waals surface area contributed by atoms with Gasteiger partial charge in [0.25, 0.3) is 5.91 Å². The van der Waals surface area contributed by atoms with E-state index in [2.05, 4.69) is 25.7 Å². The number of amides is 1. The smallest absolute Gasteiger partial charge is 0.270 e. The first-order valence-electron chi connectivity index (χ1n) is 11.5. The maximum Gasteiger partial charge on any atom is 0.270 e. The van der Waals surface area contributed by atoms with Gasteiger partial charge in [-0.25, -0.2) is 4.98 Å². The molecule has 1 aliphatic heterocycles. The van der Waals surface area contributed by atoms with Crippen LogP contribution in [0.2, 0.25) is 0 Å². The number of thiazole rings is 1. The predicted octanol–water partition coefficient (Wildman–Crippen LogP) is 5.18. The Morgan fingerprint density at radius 3 is 2.56 bits per heavy atom. The van der Waals surface area contributed by atoms with Crippen LogP contribution >= 0.6 is 11.3 Å². The number of aromatic nitrogens is 2. The molecular formula is C26H27N5O2S. The molecule has 2 aromatic heterocycles. The van der Waals surface area contributed by atoms with E-state index in [9.17, 15) is 4.79 Å². The molecule has 1 amide bonds. The van der Waals surface area contributed by atoms with Crippen LogP contribution in [0.15, 0.2) is 76.6 Å². The highest BCUT2D eigenvalue weighted by atomic mass is 32.1. The molecule has 34 heavy (non-hydrogen) atoms. The quantitative estimate of drug-likeness (QED) is 0.367. The number of hydrogen-bond acceptors (Lipinski definition) is 7. The van der Waals surface area contributed by atoms with E-state index in [-0.39, 0.29) is 5.91 Å². The number of para-hydroxylation sites is 1. The summed E-state index contributed by atoms with van der Waals surface area (Å²) in [7, 11) is 0. The Labute approximate surface area is 202 Å². The summed E-state index contributed by atoms with van der Waals surface area (Å²) in [6.45, 7) is 3.38. The maximum atomic E-state index is 12.6. The molecule has 1 fully saturated rings. The van der Waals surface area contributed by atoms with E-state index in [1.807, 2.05) is 66.7 Å². The second-order valence-corrected chi connectivity index (χ2v) is 9.36. The minimum absolute atomic E-state index is 0.116. The summed E-state index contributed by atoms with van der Waals surface area (Å²) in [6, 6.07) is 21.9. The number of nitrogens with zero attached hydrogens (tertiary/aromatic N) is 3. The summed E-state index contributed by atoms with van der Waals surface area (Å²) in [4.78, 5) is 19.4. The Bertz CT molecular complexity index is 1200. The van der Waals surface area contributed by atoms with Gasteiger partial charge < -0.3 is 15.2 Å². The monoisotopic (exact) mass is 473 g/mol. The van der Waals surface area contributed by atoms with Crippen molar-refractivity contribution in [2.24, 2.45) is 5.92 Å². The van der Waals surface area contributed by atoms with Crippen molar-refractivity contribution in [3.63, 3.8) is 0 Å². The third-order valence-electron chi connectivity index (χ3n) is 6.03. The van der Waals surface area contributed by atoms with Crippen LogP contribution in [0.1, 0.15) is 29.1 Å². The van der Waals surface area contributed by atoms with Crippen LogP contribution in [0.5, 0.6) is 0 Å². The average Bonchev–Trinajstić information content (AvgIpc) is 3.55. The molecule has 0 aliphatic carbocycles. The minimum atomic E-state index is -0.116. The van der Waals surface area contributed by atoms with Gasteiger partial charge in [-0.05, 0) is 44.0 Å². The van der Waals surface area contributed by atoms with Crippen molar-refractivity contribution in [3.8, 4) is 11.3 Å². The summed E-state index contributed by atoms with van der Waals surface area (Å²) < 4.78 is 5.56. The van der Waals surface area contributed by atoms with Crippen LogP contribution in [0.4, 0.5) is 10.8 Å². The van der Waals surface area contributed by atoms with Gasteiger partial charge in [-0.15, -0.1) is 11.3 Å². The average molecular weight is 474 g/mol. The molecule has 7 nitrogen and oxygen atoms in total. The first-order valence-corrected chi connectivity index (χ1v) is 12.4. The van der Waals surface area contributed by atoms with Crippen molar-refractivity contribution in [1.29, 1.82) is 0 Å². The molecule has 1 saturated heterocycles. The number of benzene rings is 2. The molecule has 0 radical (unpaired) electrons. The number of piperidine rings is 1. The van der Waals surface area contributed by atoms with Gasteiger partial charge in [0, 0.05) is 29.2 Å². The van der Waals surface area contributed by atoms with Gasteiger partial charge in [-0.1, -0.05) is 53.7 Å². The van der Waals surface area contributed by atoms with E-state index < -0.39 is 0 Å². The SMILES string of the molecule is O=C(NCC1CCN(Cc2cc(-c3ccccc3)no2)CC1)c1csc(Nc2ccccc2)n1. The number of hydrogen-bond donors (Lipinski definition) is 2. The van der Waals surface area contributed by atoms with Crippen LogP contribution in [-0.4, -0.2) is 40.6 Å². The van der Waals surface area contributed by atoms with Gasteiger partial charge in [0.2, 0.25) is 0 Å². The van der Waals surface area contributed by atoms with Gasteiger partial charge in [0.15, 0.2) is 10.9 Å². The van der Waals surface area contributed by atoms with Gasteiger partial charge in [-0.3, -0.25) is 9.69 Å². The fraction of sp³-hybridized carbons (Fsp3) is 0.269. The van der Waals surface area contributed by atoms with Crippen molar-refractivity contribution < 1.29 is 9.32 Å². The van der Waals surface area contributed by atoms with Crippen molar-refractivity contribution >= 4 is 28.1 Å². The third kappa shape index (κ3) is 5.70. The summed E-state index contributed by atoms with van der Waals surface area (Å²) in [6.07, 6.45) is 2.08. The molecule has 174 valence electrons. The van der Waals surface area contributed by atoms with Crippen molar-refractivity contribution in [2.75, 3.05) is 25.0 Å². The van der Waals surface area contributed by atoms with Crippen LogP contribution < -0.4 is 10.6 Å². The Hall–Kier alpha value is -3.49. The van der Waals surface area contributed by atoms with Crippen LogP contribution in [0.25, 0.3) is 11.3 Å². The number of likely N-dealkylation sites (tertiary alicyclic amines) is 1. The van der Waals surface area contributed by atoms with Gasteiger partial charge in [-0.2, -0.15) is 0 Å². The second-order valence-electron chi connectivity index (χ2n) is 8.50. The number of anilines is 2. The third-order valence-corrected chi connectivity index (χ3v) is 6.79. The number of nitrogens with one attached hydrogen (secondary N) is 2. The molecule has 0 spiro atoms. The zero-order chi connectivity index (χ0) is 23.2. The second kappa shape index (κ2) is 10.6. The lowest BCUT2D eigenvalue weighted by Gasteiger charge is -2.31. The molecular weight excluding hydrogens is 446 g/mol. The standard InChI is InChI=1S/C26H27N5O2S/c32-25(24-18-34-26(29-24)28-21-9-5-2-6-10-21)27-16-19-11-13-31(14-12-19)17-22-15-23(30-33-22)20-7-3-1-4-8-20/h1-10,15,18-19H,11-14,16-17H2,(H,27,32)(H,28,29). The van der Waals surface area contributed by atoms with E-state index in [1.54, 1.807) is 5.38 Å². The minimum Gasteiger partial charge on any atom is -0.359 e. The maximum absolute atomic E-state index is 12.6. The normalized spacial score (nSPS) is 14.7. The summed E-state index contributed by atoms with van der Waals surface area (Å²) >= 11 is 1.43. The summed E-state index contributed by atoms with van der Waals surface area (Å²) in [5.41, 5.74) is 3.35. The van der Waals surface area contributed by atoms with Crippen LogP contribution in [0.3, 0.4) is 0 Å². The molecule has 2 N–H and O–H groups in total. The Morgan fingerprint density at radius 2 is 1.79 bits per heavy atom. The highest BCUT2D eigenvalue weighted by Gasteiger charge is 2.22. The molecule has 5 rings (SSSR count). The molecule has 3 heterocycles. The van der Waals surface area contributed by atoms with Crippen LogP contribution in [-0.2, 0) is 6.54 Å². The van der Waals surface area contributed by atoms with Crippen LogP contribution in [0, 0.1) is 5.92 Å². The van der Waals surface area contributed by atoms with Gasteiger partial charge in [0.05, 0.1) is 6.54 Å². The molecule has 1 aliphatic rings. The zero-order valence-electron chi connectivity index (χ0n) is 18.8. The fourth-order valence-corrected chi connectivity index (χ4v) is 4.82.